The van der Waals surface area contributed by atoms with E-state index in [1.165, 1.54) is 22.3 Å². The van der Waals surface area contributed by atoms with Crippen LogP contribution in [-0.4, -0.2) is 36.4 Å². The van der Waals surface area contributed by atoms with E-state index in [-0.39, 0.29) is 0 Å². The second-order valence-corrected chi connectivity index (χ2v) is 9.68. The zero-order valence-corrected chi connectivity index (χ0v) is 21.4. The lowest BCUT2D eigenvalue weighted by molar-refractivity contribution is 0.0757. The lowest BCUT2D eigenvalue weighted by atomic mass is 9.96. The summed E-state index contributed by atoms with van der Waals surface area (Å²) >= 11 is 0. The van der Waals surface area contributed by atoms with Gasteiger partial charge in [-0.05, 0) is 60.7 Å². The summed E-state index contributed by atoms with van der Waals surface area (Å²) < 4.78 is 17.6. The molecular weight excluding hydrogens is 448 g/mol. The van der Waals surface area contributed by atoms with Crippen molar-refractivity contribution in [3.63, 3.8) is 0 Å². The predicted octanol–water partition coefficient (Wildman–Crippen LogP) is 6.27. The van der Waals surface area contributed by atoms with Gasteiger partial charge in [-0.25, -0.2) is 0 Å². The molecule has 2 bridgehead atoms. The molecule has 2 heterocycles. The summed E-state index contributed by atoms with van der Waals surface area (Å²) in [7, 11) is 0. The van der Waals surface area contributed by atoms with E-state index in [2.05, 4.69) is 83.7 Å². The molecule has 4 aromatic rings. The number of benzene rings is 3. The predicted molar refractivity (Wildman–Crippen MR) is 142 cm³/mol. The van der Waals surface area contributed by atoms with E-state index in [0.29, 0.717) is 19.8 Å². The van der Waals surface area contributed by atoms with Crippen molar-refractivity contribution in [2.75, 3.05) is 26.4 Å². The molecule has 186 valence electrons. The topological polar surface area (TPSA) is 47.7 Å². The fourth-order valence-electron chi connectivity index (χ4n) is 4.90. The average molecular weight is 483 g/mol. The number of rotatable bonds is 3. The third-order valence-corrected chi connectivity index (χ3v) is 6.74. The Morgan fingerprint density at radius 1 is 0.861 bits per heavy atom. The first kappa shape index (κ1) is 24.3. The van der Waals surface area contributed by atoms with Crippen molar-refractivity contribution in [3.05, 3.63) is 106 Å². The van der Waals surface area contributed by atoms with Crippen molar-refractivity contribution in [3.8, 4) is 16.9 Å². The van der Waals surface area contributed by atoms with Crippen LogP contribution in [0.5, 0.6) is 5.75 Å². The highest BCUT2D eigenvalue weighted by molar-refractivity contribution is 5.69. The zero-order valence-electron chi connectivity index (χ0n) is 21.4. The van der Waals surface area contributed by atoms with Gasteiger partial charge in [-0.3, -0.25) is 4.90 Å². The monoisotopic (exact) mass is 482 g/mol. The van der Waals surface area contributed by atoms with Crippen molar-refractivity contribution >= 4 is 0 Å². The minimum absolute atomic E-state index is 0.523. The zero-order chi connectivity index (χ0) is 24.9. The number of hydrogen-bond donors (Lipinski definition) is 0. The van der Waals surface area contributed by atoms with E-state index in [9.17, 15) is 0 Å². The number of fused-ring (bicyclic) bond motifs is 3. The molecule has 0 N–H and O–H groups in total. The Hall–Kier alpha value is -3.41. The molecule has 5 rings (SSSR count). The lowest BCUT2D eigenvalue weighted by Crippen LogP contribution is -2.27. The van der Waals surface area contributed by atoms with Gasteiger partial charge in [-0.1, -0.05) is 65.3 Å². The maximum atomic E-state index is 6.19. The van der Waals surface area contributed by atoms with Crippen LogP contribution in [-0.2, 0) is 24.2 Å². The molecule has 1 aliphatic rings. The average Bonchev–Trinajstić information content (AvgIpc) is 3.21. The van der Waals surface area contributed by atoms with Gasteiger partial charge in [0.15, 0.2) is 0 Å². The van der Waals surface area contributed by atoms with Crippen LogP contribution in [0.3, 0.4) is 0 Å². The molecule has 0 saturated heterocycles. The van der Waals surface area contributed by atoms with Crippen LogP contribution in [0.15, 0.2) is 71.3 Å². The second-order valence-electron chi connectivity index (χ2n) is 9.68. The highest BCUT2D eigenvalue weighted by Crippen LogP contribution is 2.32. The minimum Gasteiger partial charge on any atom is -0.491 e. The van der Waals surface area contributed by atoms with E-state index in [1.54, 1.807) is 0 Å². The van der Waals surface area contributed by atoms with Gasteiger partial charge in [-0.2, -0.15) is 0 Å². The molecule has 0 amide bonds. The van der Waals surface area contributed by atoms with Gasteiger partial charge in [0.25, 0.3) is 0 Å². The summed E-state index contributed by atoms with van der Waals surface area (Å²) in [5.41, 5.74) is 9.40. The van der Waals surface area contributed by atoms with Crippen molar-refractivity contribution in [2.45, 2.75) is 40.3 Å². The summed E-state index contributed by atoms with van der Waals surface area (Å²) in [5.74, 6) is 1.73. The second kappa shape index (κ2) is 11.1. The molecule has 0 radical (unpaired) electrons. The summed E-state index contributed by atoms with van der Waals surface area (Å²) in [5, 5.41) is 4.14. The van der Waals surface area contributed by atoms with Gasteiger partial charge >= 0.3 is 0 Å². The third kappa shape index (κ3) is 5.86. The van der Waals surface area contributed by atoms with Crippen LogP contribution in [0.4, 0.5) is 0 Å². The van der Waals surface area contributed by atoms with E-state index in [1.807, 2.05) is 13.8 Å². The van der Waals surface area contributed by atoms with E-state index in [4.69, 9.17) is 14.0 Å². The van der Waals surface area contributed by atoms with Crippen molar-refractivity contribution in [1.29, 1.82) is 0 Å². The van der Waals surface area contributed by atoms with Gasteiger partial charge in [0, 0.05) is 31.6 Å². The van der Waals surface area contributed by atoms with Crippen LogP contribution in [0.1, 0.15) is 39.3 Å². The molecule has 3 aromatic carbocycles. The number of hydrogen-bond acceptors (Lipinski definition) is 5. The highest BCUT2D eigenvalue weighted by atomic mass is 16.5. The van der Waals surface area contributed by atoms with Crippen LogP contribution < -0.4 is 4.74 Å². The number of aromatic nitrogens is 1. The molecule has 5 nitrogen and oxygen atoms in total. The van der Waals surface area contributed by atoms with Crippen LogP contribution in [0.2, 0.25) is 0 Å². The molecule has 0 saturated carbocycles. The molecule has 5 heteroatoms. The smallest absolute Gasteiger partial charge is 0.141 e. The molecule has 0 unspecified atom stereocenters. The largest absolute Gasteiger partial charge is 0.491 e. The lowest BCUT2D eigenvalue weighted by Gasteiger charge is -2.23. The van der Waals surface area contributed by atoms with E-state index in [0.717, 1.165) is 59.9 Å². The quantitative estimate of drug-likeness (QED) is 0.344. The maximum absolute atomic E-state index is 6.19. The Morgan fingerprint density at radius 2 is 1.69 bits per heavy atom. The number of nitrogens with zero attached hydrogens (tertiary/aromatic N) is 2. The van der Waals surface area contributed by atoms with Crippen LogP contribution >= 0.6 is 0 Å². The molecule has 36 heavy (non-hydrogen) atoms. The first-order valence-electron chi connectivity index (χ1n) is 12.7. The van der Waals surface area contributed by atoms with Gasteiger partial charge in [0.05, 0.1) is 18.9 Å². The molecule has 1 aromatic heterocycles. The van der Waals surface area contributed by atoms with E-state index >= 15 is 0 Å². The van der Waals surface area contributed by atoms with Gasteiger partial charge in [0.2, 0.25) is 0 Å². The Morgan fingerprint density at radius 3 is 2.50 bits per heavy atom. The standard InChI is InChI=1S/C31H34N2O3/c1-22-7-9-25(10-8-22)20-33-13-14-34-15-16-35-30-12-11-28(31-23(2)32-36-24(31)3)19-29(30)18-26-5-4-6-27(17-26)21-33/h4-12,17,19H,13-16,18,20-21H2,1-3H3. The van der Waals surface area contributed by atoms with Crippen molar-refractivity contribution < 1.29 is 14.0 Å². The normalized spacial score (nSPS) is 15.1. The molecular formula is C31H34N2O3. The molecule has 1 aliphatic heterocycles. The summed E-state index contributed by atoms with van der Waals surface area (Å²) in [6.45, 7) is 10.5. The molecule has 0 spiro atoms. The first-order chi connectivity index (χ1) is 17.5. The molecule has 0 aliphatic carbocycles. The highest BCUT2D eigenvalue weighted by Gasteiger charge is 2.16. The first-order valence-corrected chi connectivity index (χ1v) is 12.7. The Kier molecular flexibility index (Phi) is 7.49. The third-order valence-electron chi connectivity index (χ3n) is 6.74. The van der Waals surface area contributed by atoms with Crippen molar-refractivity contribution in [1.82, 2.24) is 10.1 Å². The number of ether oxygens (including phenoxy) is 2. The summed E-state index contributed by atoms with van der Waals surface area (Å²) in [4.78, 5) is 2.46. The van der Waals surface area contributed by atoms with E-state index < -0.39 is 0 Å². The Bertz CT molecular complexity index is 1290. The summed E-state index contributed by atoms with van der Waals surface area (Å²) in [6, 6.07) is 24.1. The van der Waals surface area contributed by atoms with Crippen LogP contribution in [0, 0.1) is 20.8 Å². The van der Waals surface area contributed by atoms with Crippen molar-refractivity contribution in [2.24, 2.45) is 0 Å². The molecule has 0 fully saturated rings. The Labute approximate surface area is 213 Å². The maximum Gasteiger partial charge on any atom is 0.141 e. The Balaban J connectivity index is 1.43. The fourth-order valence-corrected chi connectivity index (χ4v) is 4.90. The van der Waals surface area contributed by atoms with Gasteiger partial charge in [0.1, 0.15) is 18.1 Å². The van der Waals surface area contributed by atoms with Gasteiger partial charge in [-0.15, -0.1) is 0 Å². The fraction of sp³-hybridized carbons (Fsp3) is 0.323. The number of aryl methyl sites for hydroxylation is 3. The SMILES string of the molecule is Cc1ccc(CN2CCOCCOc3ccc(-c4c(C)noc4C)cc3Cc3cccc(c3)C2)cc1. The molecule has 0 atom stereocenters. The minimum atomic E-state index is 0.523. The summed E-state index contributed by atoms with van der Waals surface area (Å²) in [6.07, 6.45) is 0.791. The van der Waals surface area contributed by atoms with Gasteiger partial charge < -0.3 is 14.0 Å². The van der Waals surface area contributed by atoms with Crippen LogP contribution in [0.25, 0.3) is 11.1 Å².